The first-order valence-corrected chi connectivity index (χ1v) is 15.2. The molecule has 0 aliphatic carbocycles. The van der Waals surface area contributed by atoms with Crippen LogP contribution in [0.4, 0.5) is 4.79 Å². The molecule has 5 amide bonds. The van der Waals surface area contributed by atoms with Crippen LogP contribution in [0, 0.1) is 0 Å². The second-order valence-corrected chi connectivity index (χ2v) is 11.8. The van der Waals surface area contributed by atoms with Crippen LogP contribution in [0.5, 0.6) is 11.5 Å². The minimum absolute atomic E-state index is 0.0354. The third kappa shape index (κ3) is 6.74. The molecule has 0 unspecified atom stereocenters. The van der Waals surface area contributed by atoms with Gasteiger partial charge < -0.3 is 35.4 Å². The first-order chi connectivity index (χ1) is 20.2. The summed E-state index contributed by atoms with van der Waals surface area (Å²) in [5.41, 5.74) is 0.0104. The zero-order valence-corrected chi connectivity index (χ0v) is 24.5. The number of carbonyl (C=O) groups excluding carboxylic acids is 4. The molecule has 2 aromatic rings. The van der Waals surface area contributed by atoms with E-state index in [1.165, 1.54) is 23.1 Å². The highest BCUT2D eigenvalue weighted by Crippen LogP contribution is 2.31. The molecule has 0 radical (unpaired) electrons. The molecule has 16 nitrogen and oxygen atoms in total. The van der Waals surface area contributed by atoms with Crippen molar-refractivity contribution in [1.29, 1.82) is 0 Å². The van der Waals surface area contributed by atoms with Gasteiger partial charge in [-0.1, -0.05) is 34.1 Å². The number of nitrogens with two attached hydrogens (primary N) is 1. The summed E-state index contributed by atoms with van der Waals surface area (Å²) in [5.74, 6) is -6.42. The maximum absolute atomic E-state index is 13.5. The largest absolute Gasteiger partial charge is 0.547 e. The summed E-state index contributed by atoms with van der Waals surface area (Å²) in [6.45, 7) is 0.0719. The van der Waals surface area contributed by atoms with Crippen molar-refractivity contribution in [2.45, 2.75) is 23.3 Å². The zero-order valence-electron chi connectivity index (χ0n) is 22.1. The predicted molar refractivity (Wildman–Crippen MR) is 150 cm³/mol. The number of phenolic OH excluding ortho intramolecular Hbond substituents is 1. The van der Waals surface area contributed by atoms with Crippen molar-refractivity contribution >= 4 is 62.8 Å². The first kappa shape index (κ1) is 31.7. The third-order valence-electron chi connectivity index (χ3n) is 6.74. The number of carboxylic acid groups (broad SMARTS) is 1. The zero-order chi connectivity index (χ0) is 31.6. The number of phenols is 1. The maximum atomic E-state index is 13.5. The van der Waals surface area contributed by atoms with Crippen molar-refractivity contribution < 1.29 is 52.3 Å². The summed E-state index contributed by atoms with van der Waals surface area (Å²) in [5, 5.41) is 40.6. The number of rotatable bonds is 8. The highest BCUT2D eigenvalue weighted by atomic mass is 79.9. The number of carbonyl (C=O) groups is 5. The average molecular weight is 682 g/mol. The van der Waals surface area contributed by atoms with E-state index in [0.29, 0.717) is 15.8 Å². The second kappa shape index (κ2) is 12.6. The van der Waals surface area contributed by atoms with Crippen molar-refractivity contribution in [3.05, 3.63) is 53.1 Å². The number of hydrogen-bond acceptors (Lipinski definition) is 10. The summed E-state index contributed by atoms with van der Waals surface area (Å²) in [7, 11) is -6.07. The van der Waals surface area contributed by atoms with Gasteiger partial charge in [-0.2, -0.15) is 0 Å². The Morgan fingerprint density at radius 2 is 1.88 bits per heavy atom. The molecule has 0 aromatic heterocycles. The fourth-order valence-electron chi connectivity index (χ4n) is 4.62. The topological polar surface area (TPSA) is 246 Å². The van der Waals surface area contributed by atoms with Crippen LogP contribution >= 0.6 is 15.9 Å². The SMILES string of the molecule is NS(=O)(=O)c1ccc([C@@H](NC(=O)N2CCN(CCBr)C(=O)C2=O)C(=O)N[C@H]2Cc3cccc(C(=O)O)c3OB2O)cc1O. The molecule has 0 bridgehead atoms. The van der Waals surface area contributed by atoms with Crippen molar-refractivity contribution in [2.75, 3.05) is 25.0 Å². The molecule has 2 heterocycles. The van der Waals surface area contributed by atoms with Crippen molar-refractivity contribution in [3.8, 4) is 11.5 Å². The van der Waals surface area contributed by atoms with Gasteiger partial charge in [-0.15, -0.1) is 0 Å². The van der Waals surface area contributed by atoms with E-state index >= 15 is 0 Å². The normalized spacial score (nSPS) is 17.6. The van der Waals surface area contributed by atoms with Crippen LogP contribution in [0.2, 0.25) is 0 Å². The highest BCUT2D eigenvalue weighted by Gasteiger charge is 2.41. The Labute approximate surface area is 253 Å². The minimum atomic E-state index is -4.36. The number of alkyl halides is 1. The number of imide groups is 1. The van der Waals surface area contributed by atoms with Crippen LogP contribution < -0.4 is 20.4 Å². The van der Waals surface area contributed by atoms with Gasteiger partial charge in [-0.25, -0.2) is 23.1 Å². The predicted octanol–water partition coefficient (Wildman–Crippen LogP) is -1.31. The Balaban J connectivity index is 1.62. The van der Waals surface area contributed by atoms with E-state index in [4.69, 9.17) is 9.79 Å². The number of urea groups is 1. The number of primary sulfonamides is 1. The van der Waals surface area contributed by atoms with E-state index in [0.717, 1.165) is 18.2 Å². The molecular weight excluding hydrogens is 657 g/mol. The number of hydrogen-bond donors (Lipinski definition) is 6. The van der Waals surface area contributed by atoms with E-state index in [9.17, 15) is 47.6 Å². The molecule has 1 saturated heterocycles. The summed E-state index contributed by atoms with van der Waals surface area (Å²) in [6.07, 6.45) is -0.0812. The second-order valence-electron chi connectivity index (χ2n) is 9.52. The summed E-state index contributed by atoms with van der Waals surface area (Å²) >= 11 is 3.18. The van der Waals surface area contributed by atoms with E-state index in [2.05, 4.69) is 26.6 Å². The molecule has 1 fully saturated rings. The van der Waals surface area contributed by atoms with Gasteiger partial charge in [-0.3, -0.25) is 19.3 Å². The van der Waals surface area contributed by atoms with Crippen LogP contribution in [-0.2, 0) is 30.8 Å². The number of aromatic carboxylic acids is 1. The lowest BCUT2D eigenvalue weighted by Crippen LogP contribution is -2.60. The monoisotopic (exact) mass is 681 g/mol. The number of benzene rings is 2. The lowest BCUT2D eigenvalue weighted by Gasteiger charge is -2.33. The van der Waals surface area contributed by atoms with Gasteiger partial charge in [0.25, 0.3) is 0 Å². The van der Waals surface area contributed by atoms with E-state index in [1.54, 1.807) is 0 Å². The molecule has 7 N–H and O–H groups in total. The van der Waals surface area contributed by atoms with Gasteiger partial charge in [0.15, 0.2) is 0 Å². The van der Waals surface area contributed by atoms with E-state index in [1.807, 2.05) is 0 Å². The number of para-hydroxylation sites is 1. The number of sulfonamides is 1. The average Bonchev–Trinajstić information content (AvgIpc) is 2.93. The number of aromatic hydroxyl groups is 1. The standard InChI is InChI=1S/C24H25BBrN5O11S/c26-6-7-30-8-9-31(22(35)21(30)34)24(38)29-18(12-4-5-16(15(32)10-12)43(27,40)41)20(33)28-17-11-13-2-1-3-14(23(36)37)19(13)42-25(17)39/h1-5,10,17-18,32,39H,6-9,11H2,(H,28,33)(H,29,38)(H,36,37)(H2,27,40,41)/t17-,18+/m0/s1. The molecule has 0 saturated carbocycles. The molecule has 2 aromatic carbocycles. The van der Waals surface area contributed by atoms with Crippen LogP contribution in [0.1, 0.15) is 27.5 Å². The Morgan fingerprint density at radius 1 is 1.16 bits per heavy atom. The van der Waals surface area contributed by atoms with Gasteiger partial charge in [0.05, 0.1) is 11.5 Å². The number of piperazine rings is 1. The van der Waals surface area contributed by atoms with Gasteiger partial charge in [0.1, 0.15) is 22.4 Å². The summed E-state index contributed by atoms with van der Waals surface area (Å²) in [4.78, 5) is 64.5. The van der Waals surface area contributed by atoms with Crippen molar-refractivity contribution in [3.63, 3.8) is 0 Å². The Morgan fingerprint density at radius 3 is 2.51 bits per heavy atom. The Bertz CT molecular complexity index is 1610. The molecule has 19 heteroatoms. The number of halogens is 1. The Kier molecular flexibility index (Phi) is 9.28. The quantitative estimate of drug-likeness (QED) is 0.108. The van der Waals surface area contributed by atoms with Gasteiger partial charge in [-0.05, 0) is 35.7 Å². The third-order valence-corrected chi connectivity index (χ3v) is 8.05. The first-order valence-electron chi connectivity index (χ1n) is 12.6. The molecule has 2 aliphatic heterocycles. The Hall–Kier alpha value is -4.20. The molecule has 4 rings (SSSR count). The fourth-order valence-corrected chi connectivity index (χ4v) is 5.66. The molecule has 43 heavy (non-hydrogen) atoms. The van der Waals surface area contributed by atoms with Crippen LogP contribution in [0.3, 0.4) is 0 Å². The molecular formula is C24H25BBrN5O11S. The van der Waals surface area contributed by atoms with Crippen molar-refractivity contribution in [2.24, 2.45) is 5.14 Å². The minimum Gasteiger partial charge on any atom is -0.534 e. The van der Waals surface area contributed by atoms with E-state index < -0.39 is 69.5 Å². The number of nitrogens with zero attached hydrogens (tertiary/aromatic N) is 2. The van der Waals surface area contributed by atoms with Crippen LogP contribution in [0.25, 0.3) is 0 Å². The van der Waals surface area contributed by atoms with E-state index in [-0.39, 0.29) is 42.9 Å². The molecule has 0 spiro atoms. The lowest BCUT2D eigenvalue weighted by atomic mass is 9.72. The number of carboxylic acids is 1. The molecule has 228 valence electrons. The fraction of sp³-hybridized carbons (Fsp3) is 0.292. The van der Waals surface area contributed by atoms with Gasteiger partial charge in [0, 0.05) is 25.0 Å². The van der Waals surface area contributed by atoms with Crippen LogP contribution in [-0.4, -0.2) is 101 Å². The molecule has 2 atom stereocenters. The lowest BCUT2D eigenvalue weighted by molar-refractivity contribution is -0.153. The summed E-state index contributed by atoms with van der Waals surface area (Å²) < 4.78 is 28.9. The number of amides is 5. The van der Waals surface area contributed by atoms with Crippen molar-refractivity contribution in [1.82, 2.24) is 20.4 Å². The number of fused-ring (bicyclic) bond motifs is 1. The van der Waals surface area contributed by atoms with Gasteiger partial charge in [0.2, 0.25) is 15.9 Å². The highest BCUT2D eigenvalue weighted by molar-refractivity contribution is 9.09. The summed E-state index contributed by atoms with van der Waals surface area (Å²) in [6, 6.07) is 4.30. The molecule has 2 aliphatic rings. The maximum Gasteiger partial charge on any atom is 0.547 e. The smallest absolute Gasteiger partial charge is 0.534 e. The number of nitrogens with one attached hydrogen (secondary N) is 2. The van der Waals surface area contributed by atoms with Crippen LogP contribution in [0.15, 0.2) is 41.3 Å². The van der Waals surface area contributed by atoms with Gasteiger partial charge >= 0.3 is 30.9 Å².